The standard InChI is InChI=1S/C27H24ClF2N3O3/c1-18-23(17-32(14-15-35-2)26(34)19-8-10-20(28)11-9-19)27(33(31-18)22-6-4-3-5-7-22)36-25-13-12-21(29)16-24(25)30/h3-13,16H,14-15,17H2,1-2H3. The lowest BCUT2D eigenvalue weighted by molar-refractivity contribution is 0.0679. The van der Waals surface area contributed by atoms with Gasteiger partial charge in [-0.25, -0.2) is 13.5 Å². The Morgan fingerprint density at radius 1 is 1.06 bits per heavy atom. The molecule has 0 bridgehead atoms. The number of aryl methyl sites for hydroxylation is 1. The summed E-state index contributed by atoms with van der Waals surface area (Å²) in [6.45, 7) is 2.48. The van der Waals surface area contributed by atoms with Crippen LogP contribution in [-0.2, 0) is 11.3 Å². The van der Waals surface area contributed by atoms with Crippen LogP contribution in [0.25, 0.3) is 5.69 Å². The minimum atomic E-state index is -0.854. The van der Waals surface area contributed by atoms with Gasteiger partial charge < -0.3 is 14.4 Å². The van der Waals surface area contributed by atoms with Crippen LogP contribution in [0.15, 0.2) is 72.8 Å². The summed E-state index contributed by atoms with van der Waals surface area (Å²) in [5.41, 5.74) is 2.29. The summed E-state index contributed by atoms with van der Waals surface area (Å²) in [5, 5.41) is 5.13. The van der Waals surface area contributed by atoms with E-state index in [4.69, 9.17) is 21.1 Å². The van der Waals surface area contributed by atoms with Gasteiger partial charge in [0.2, 0.25) is 5.88 Å². The molecule has 0 aliphatic rings. The van der Waals surface area contributed by atoms with Gasteiger partial charge in [0.15, 0.2) is 11.6 Å². The average Bonchev–Trinajstić information content (AvgIpc) is 3.18. The number of halogens is 3. The topological polar surface area (TPSA) is 56.6 Å². The van der Waals surface area contributed by atoms with Crippen molar-refractivity contribution in [3.8, 4) is 17.3 Å². The largest absolute Gasteiger partial charge is 0.435 e. The number of carbonyl (C=O) groups is 1. The molecule has 9 heteroatoms. The van der Waals surface area contributed by atoms with Gasteiger partial charge in [-0.3, -0.25) is 4.79 Å². The first-order valence-corrected chi connectivity index (χ1v) is 11.6. The molecule has 4 rings (SSSR count). The van der Waals surface area contributed by atoms with Crippen LogP contribution >= 0.6 is 11.6 Å². The summed E-state index contributed by atoms with van der Waals surface area (Å²) in [7, 11) is 1.55. The van der Waals surface area contributed by atoms with E-state index in [1.54, 1.807) is 43.2 Å². The molecule has 0 aliphatic heterocycles. The summed E-state index contributed by atoms with van der Waals surface area (Å²) >= 11 is 5.98. The van der Waals surface area contributed by atoms with Crippen LogP contribution in [0.1, 0.15) is 21.6 Å². The van der Waals surface area contributed by atoms with E-state index in [2.05, 4.69) is 5.10 Å². The van der Waals surface area contributed by atoms with Gasteiger partial charge in [-0.1, -0.05) is 29.8 Å². The van der Waals surface area contributed by atoms with Gasteiger partial charge in [0.1, 0.15) is 5.82 Å². The Morgan fingerprint density at radius 3 is 2.44 bits per heavy atom. The lowest BCUT2D eigenvalue weighted by Gasteiger charge is -2.23. The molecule has 0 unspecified atom stereocenters. The van der Waals surface area contributed by atoms with Crippen LogP contribution in [0.5, 0.6) is 11.6 Å². The van der Waals surface area contributed by atoms with E-state index < -0.39 is 11.6 Å². The monoisotopic (exact) mass is 511 g/mol. The first kappa shape index (κ1) is 25.3. The van der Waals surface area contributed by atoms with Crippen molar-refractivity contribution in [1.82, 2.24) is 14.7 Å². The van der Waals surface area contributed by atoms with Crippen molar-refractivity contribution in [3.05, 3.63) is 106 Å². The second-order valence-corrected chi connectivity index (χ2v) is 8.46. The van der Waals surface area contributed by atoms with Crippen molar-refractivity contribution in [2.24, 2.45) is 0 Å². The fourth-order valence-electron chi connectivity index (χ4n) is 3.65. The zero-order valence-electron chi connectivity index (χ0n) is 19.7. The van der Waals surface area contributed by atoms with Crippen molar-refractivity contribution in [2.45, 2.75) is 13.5 Å². The zero-order valence-corrected chi connectivity index (χ0v) is 20.5. The van der Waals surface area contributed by atoms with Crippen LogP contribution in [0.4, 0.5) is 8.78 Å². The third kappa shape index (κ3) is 5.72. The summed E-state index contributed by atoms with van der Waals surface area (Å²) < 4.78 is 40.8. The Morgan fingerprint density at radius 2 is 1.78 bits per heavy atom. The molecule has 3 aromatic carbocycles. The molecule has 0 spiro atoms. The lowest BCUT2D eigenvalue weighted by atomic mass is 10.1. The number of ether oxygens (including phenoxy) is 2. The van der Waals surface area contributed by atoms with Crippen molar-refractivity contribution >= 4 is 17.5 Å². The van der Waals surface area contributed by atoms with E-state index in [0.717, 1.165) is 12.1 Å². The second-order valence-electron chi connectivity index (χ2n) is 8.02. The molecule has 0 radical (unpaired) electrons. The number of nitrogens with zero attached hydrogens (tertiary/aromatic N) is 3. The first-order valence-electron chi connectivity index (χ1n) is 11.2. The van der Waals surface area contributed by atoms with Crippen LogP contribution < -0.4 is 4.74 Å². The molecule has 0 N–H and O–H groups in total. The highest BCUT2D eigenvalue weighted by molar-refractivity contribution is 6.30. The Kier molecular flexibility index (Phi) is 7.97. The third-order valence-corrected chi connectivity index (χ3v) is 5.78. The SMILES string of the molecule is COCCN(Cc1c(C)nn(-c2ccccc2)c1Oc1ccc(F)cc1F)C(=O)c1ccc(Cl)cc1. The molecule has 1 amide bonds. The molecule has 0 fully saturated rings. The number of benzene rings is 3. The Hall–Kier alpha value is -3.75. The van der Waals surface area contributed by atoms with Gasteiger partial charge in [0.25, 0.3) is 5.91 Å². The second kappa shape index (κ2) is 11.3. The highest BCUT2D eigenvalue weighted by Crippen LogP contribution is 2.33. The maximum Gasteiger partial charge on any atom is 0.254 e. The fourth-order valence-corrected chi connectivity index (χ4v) is 3.78. The Labute approximate surface area is 212 Å². The predicted molar refractivity (Wildman–Crippen MR) is 133 cm³/mol. The van der Waals surface area contributed by atoms with Crippen molar-refractivity contribution in [3.63, 3.8) is 0 Å². The maximum atomic E-state index is 14.5. The molecule has 1 aromatic heterocycles. The number of hydrogen-bond donors (Lipinski definition) is 0. The number of aromatic nitrogens is 2. The number of rotatable bonds is 9. The van der Waals surface area contributed by atoms with E-state index in [1.165, 1.54) is 10.7 Å². The molecule has 6 nitrogen and oxygen atoms in total. The third-order valence-electron chi connectivity index (χ3n) is 5.53. The van der Waals surface area contributed by atoms with Crippen molar-refractivity contribution in [2.75, 3.05) is 20.3 Å². The van der Waals surface area contributed by atoms with Gasteiger partial charge in [-0.15, -0.1) is 0 Å². The molecule has 0 saturated carbocycles. The maximum absolute atomic E-state index is 14.5. The predicted octanol–water partition coefficient (Wildman–Crippen LogP) is 6.19. The summed E-state index contributed by atoms with van der Waals surface area (Å²) in [6.07, 6.45) is 0. The minimum Gasteiger partial charge on any atom is -0.435 e. The Balaban J connectivity index is 1.77. The smallest absolute Gasteiger partial charge is 0.254 e. The number of para-hydroxylation sites is 1. The molecular formula is C27H24ClF2N3O3. The molecule has 0 atom stereocenters. The van der Waals surface area contributed by atoms with E-state index >= 15 is 0 Å². The van der Waals surface area contributed by atoms with Crippen LogP contribution in [0.2, 0.25) is 5.02 Å². The molecule has 0 aliphatic carbocycles. The number of methoxy groups -OCH3 is 1. The molecule has 4 aromatic rings. The number of carbonyl (C=O) groups excluding carboxylic acids is 1. The number of hydrogen-bond acceptors (Lipinski definition) is 4. The summed E-state index contributed by atoms with van der Waals surface area (Å²) in [6, 6.07) is 18.9. The summed E-state index contributed by atoms with van der Waals surface area (Å²) in [5.74, 6) is -1.76. The van der Waals surface area contributed by atoms with Gasteiger partial charge >= 0.3 is 0 Å². The normalized spacial score (nSPS) is 10.9. The summed E-state index contributed by atoms with van der Waals surface area (Å²) in [4.78, 5) is 15.0. The number of amides is 1. The van der Waals surface area contributed by atoms with Crippen molar-refractivity contribution < 1.29 is 23.0 Å². The average molecular weight is 512 g/mol. The van der Waals surface area contributed by atoms with E-state index in [9.17, 15) is 13.6 Å². The quantitative estimate of drug-likeness (QED) is 0.269. The van der Waals surface area contributed by atoms with Gasteiger partial charge in [-0.05, 0) is 55.5 Å². The molecule has 1 heterocycles. The Bertz CT molecular complexity index is 1340. The van der Waals surface area contributed by atoms with Crippen LogP contribution in [0, 0.1) is 18.6 Å². The van der Waals surface area contributed by atoms with E-state index in [0.29, 0.717) is 34.1 Å². The van der Waals surface area contributed by atoms with Crippen LogP contribution in [-0.4, -0.2) is 40.8 Å². The first-order chi connectivity index (χ1) is 17.4. The molecule has 36 heavy (non-hydrogen) atoms. The highest BCUT2D eigenvalue weighted by Gasteiger charge is 2.25. The lowest BCUT2D eigenvalue weighted by Crippen LogP contribution is -2.33. The van der Waals surface area contributed by atoms with Gasteiger partial charge in [-0.2, -0.15) is 5.10 Å². The van der Waals surface area contributed by atoms with E-state index in [1.807, 2.05) is 30.3 Å². The molecule has 186 valence electrons. The fraction of sp³-hybridized carbons (Fsp3) is 0.185. The van der Waals surface area contributed by atoms with Gasteiger partial charge in [0.05, 0.1) is 30.1 Å². The minimum absolute atomic E-state index is 0.113. The van der Waals surface area contributed by atoms with Gasteiger partial charge in [0, 0.05) is 30.3 Å². The zero-order chi connectivity index (χ0) is 25.7. The van der Waals surface area contributed by atoms with Crippen molar-refractivity contribution in [1.29, 1.82) is 0 Å². The molecular weight excluding hydrogens is 488 g/mol. The van der Waals surface area contributed by atoms with E-state index in [-0.39, 0.29) is 30.6 Å². The van der Waals surface area contributed by atoms with Crippen LogP contribution in [0.3, 0.4) is 0 Å². The highest BCUT2D eigenvalue weighted by atomic mass is 35.5. The molecule has 0 saturated heterocycles.